The first-order chi connectivity index (χ1) is 19.1. The molecule has 0 aliphatic carbocycles. The second kappa shape index (κ2) is 13.3. The van der Waals surface area contributed by atoms with Crippen LogP contribution in [0.15, 0.2) is 71.6 Å². The first-order valence-corrected chi connectivity index (χ1v) is 15.5. The van der Waals surface area contributed by atoms with Crippen LogP contribution in [0.4, 0.5) is 5.69 Å². The molecule has 0 aliphatic heterocycles. The van der Waals surface area contributed by atoms with E-state index in [2.05, 4.69) is 5.32 Å². The van der Waals surface area contributed by atoms with E-state index >= 15 is 0 Å². The monoisotopic (exact) mass is 617 g/mol. The van der Waals surface area contributed by atoms with Gasteiger partial charge in [0.15, 0.2) is 0 Å². The molecular weight excluding hydrogens is 581 g/mol. The Balaban J connectivity index is 2.12. The number of halogens is 2. The van der Waals surface area contributed by atoms with Gasteiger partial charge in [-0.2, -0.15) is 0 Å². The highest BCUT2D eigenvalue weighted by Crippen LogP contribution is 2.29. The molecule has 0 aromatic heterocycles. The standard InChI is InChI=1S/C31H37Cl2N3O4S/c1-7-27(30(38)34-31(4,5)6)35(19-23-15-16-25(32)26(33)18-23)29(37)20-36(28-17-21(2)13-14-22(28)3)41(39,40)24-11-9-8-10-12-24/h8-18,27H,7,19-20H2,1-6H3,(H,34,38)/t27-/m1/s1. The van der Waals surface area contributed by atoms with E-state index in [-0.39, 0.29) is 17.3 Å². The predicted molar refractivity (Wildman–Crippen MR) is 166 cm³/mol. The van der Waals surface area contributed by atoms with Gasteiger partial charge in [0, 0.05) is 12.1 Å². The molecule has 3 rings (SSSR count). The van der Waals surface area contributed by atoms with Gasteiger partial charge in [-0.1, -0.05) is 66.5 Å². The van der Waals surface area contributed by atoms with E-state index in [4.69, 9.17) is 23.2 Å². The minimum absolute atomic E-state index is 0.0256. The number of rotatable bonds is 10. The number of amides is 2. The van der Waals surface area contributed by atoms with Crippen LogP contribution in [0.1, 0.15) is 50.8 Å². The Hall–Kier alpha value is -3.07. The molecule has 220 valence electrons. The van der Waals surface area contributed by atoms with Gasteiger partial charge in [-0.05, 0) is 88.1 Å². The van der Waals surface area contributed by atoms with Crippen LogP contribution in [0.25, 0.3) is 0 Å². The lowest BCUT2D eigenvalue weighted by Crippen LogP contribution is -2.55. The molecule has 10 heteroatoms. The molecule has 0 aliphatic rings. The van der Waals surface area contributed by atoms with Gasteiger partial charge >= 0.3 is 0 Å². The summed E-state index contributed by atoms with van der Waals surface area (Å²) in [5.74, 6) is -0.870. The van der Waals surface area contributed by atoms with Gasteiger partial charge in [-0.15, -0.1) is 0 Å². The average molecular weight is 619 g/mol. The summed E-state index contributed by atoms with van der Waals surface area (Å²) in [6.07, 6.45) is 0.309. The number of anilines is 1. The Kier molecular flexibility index (Phi) is 10.5. The van der Waals surface area contributed by atoms with Crippen LogP contribution in [0, 0.1) is 13.8 Å². The van der Waals surface area contributed by atoms with Gasteiger partial charge in [0.2, 0.25) is 11.8 Å². The van der Waals surface area contributed by atoms with Gasteiger partial charge in [0.05, 0.1) is 20.6 Å². The van der Waals surface area contributed by atoms with Gasteiger partial charge in [-0.25, -0.2) is 8.42 Å². The first-order valence-electron chi connectivity index (χ1n) is 13.3. The summed E-state index contributed by atoms with van der Waals surface area (Å²) in [5.41, 5.74) is 2.04. The highest BCUT2D eigenvalue weighted by atomic mass is 35.5. The lowest BCUT2D eigenvalue weighted by Gasteiger charge is -2.35. The van der Waals surface area contributed by atoms with Crippen LogP contribution in [0.2, 0.25) is 10.0 Å². The molecule has 3 aromatic carbocycles. The normalized spacial score (nSPS) is 12.5. The number of hydrogen-bond acceptors (Lipinski definition) is 4. The Labute approximate surface area is 253 Å². The lowest BCUT2D eigenvalue weighted by atomic mass is 10.1. The highest BCUT2D eigenvalue weighted by Gasteiger charge is 2.35. The number of aryl methyl sites for hydroxylation is 2. The molecule has 7 nitrogen and oxygen atoms in total. The fourth-order valence-electron chi connectivity index (χ4n) is 4.43. The van der Waals surface area contributed by atoms with E-state index in [0.717, 1.165) is 9.87 Å². The first kappa shape index (κ1) is 32.4. The van der Waals surface area contributed by atoms with Crippen molar-refractivity contribution < 1.29 is 18.0 Å². The lowest BCUT2D eigenvalue weighted by molar-refractivity contribution is -0.141. The number of sulfonamides is 1. The highest BCUT2D eigenvalue weighted by molar-refractivity contribution is 7.92. The number of nitrogens with one attached hydrogen (secondary N) is 1. The van der Waals surface area contributed by atoms with Crippen molar-refractivity contribution in [3.05, 3.63) is 93.5 Å². The third kappa shape index (κ3) is 8.24. The van der Waals surface area contributed by atoms with Crippen LogP contribution in [0.5, 0.6) is 0 Å². The maximum absolute atomic E-state index is 14.2. The summed E-state index contributed by atoms with van der Waals surface area (Å²) in [6, 6.07) is 17.6. The van der Waals surface area contributed by atoms with Crippen LogP contribution in [0.3, 0.4) is 0 Å². The summed E-state index contributed by atoms with van der Waals surface area (Å²) >= 11 is 12.4. The maximum atomic E-state index is 14.2. The summed E-state index contributed by atoms with van der Waals surface area (Å²) in [6.45, 7) is 10.6. The molecule has 41 heavy (non-hydrogen) atoms. The SMILES string of the molecule is CC[C@H](C(=O)NC(C)(C)C)N(Cc1ccc(Cl)c(Cl)c1)C(=O)CN(c1cc(C)ccc1C)S(=O)(=O)c1ccccc1. The van der Waals surface area contributed by atoms with Gasteiger partial charge in [-0.3, -0.25) is 13.9 Å². The Morgan fingerprint density at radius 1 is 0.927 bits per heavy atom. The van der Waals surface area contributed by atoms with E-state index < -0.39 is 34.1 Å². The van der Waals surface area contributed by atoms with Crippen LogP contribution in [-0.2, 0) is 26.2 Å². The minimum atomic E-state index is -4.14. The molecule has 0 heterocycles. The van der Waals surface area contributed by atoms with Crippen molar-refractivity contribution in [3.8, 4) is 0 Å². The average Bonchev–Trinajstić information content (AvgIpc) is 2.90. The Morgan fingerprint density at radius 2 is 1.59 bits per heavy atom. The minimum Gasteiger partial charge on any atom is -0.350 e. The second-order valence-electron chi connectivity index (χ2n) is 11.0. The smallest absolute Gasteiger partial charge is 0.264 e. The van der Waals surface area contributed by atoms with Crippen molar-refractivity contribution >= 4 is 50.7 Å². The maximum Gasteiger partial charge on any atom is 0.264 e. The van der Waals surface area contributed by atoms with Gasteiger partial charge < -0.3 is 10.2 Å². The molecule has 0 bridgehead atoms. The topological polar surface area (TPSA) is 86.8 Å². The van der Waals surface area contributed by atoms with E-state index in [1.807, 2.05) is 46.8 Å². The number of benzene rings is 3. The third-order valence-electron chi connectivity index (χ3n) is 6.46. The zero-order valence-corrected chi connectivity index (χ0v) is 26.6. The molecule has 0 saturated heterocycles. The molecule has 1 atom stereocenters. The van der Waals surface area contributed by atoms with Gasteiger partial charge in [0.25, 0.3) is 10.0 Å². The van der Waals surface area contributed by atoms with Crippen LogP contribution >= 0.6 is 23.2 Å². The molecule has 0 spiro atoms. The van der Waals surface area contributed by atoms with Crippen LogP contribution < -0.4 is 9.62 Å². The zero-order valence-electron chi connectivity index (χ0n) is 24.2. The van der Waals surface area contributed by atoms with E-state index in [1.54, 1.807) is 49.4 Å². The third-order valence-corrected chi connectivity index (χ3v) is 8.98. The van der Waals surface area contributed by atoms with E-state index in [1.165, 1.54) is 17.0 Å². The predicted octanol–water partition coefficient (Wildman–Crippen LogP) is 6.53. The molecule has 1 N–H and O–H groups in total. The molecule has 0 fully saturated rings. The summed E-state index contributed by atoms with van der Waals surface area (Å²) in [5, 5.41) is 3.63. The molecule has 3 aromatic rings. The summed E-state index contributed by atoms with van der Waals surface area (Å²) in [4.78, 5) is 29.1. The van der Waals surface area contributed by atoms with Gasteiger partial charge in [0.1, 0.15) is 12.6 Å². The molecule has 0 radical (unpaired) electrons. The van der Waals surface area contributed by atoms with Crippen molar-refractivity contribution in [2.45, 2.75) is 71.0 Å². The summed E-state index contributed by atoms with van der Waals surface area (Å²) < 4.78 is 29.1. The van der Waals surface area contributed by atoms with Crippen LogP contribution in [-0.4, -0.2) is 43.3 Å². The Bertz CT molecular complexity index is 1510. The second-order valence-corrected chi connectivity index (χ2v) is 13.7. The Morgan fingerprint density at radius 3 is 2.17 bits per heavy atom. The van der Waals surface area contributed by atoms with Crippen molar-refractivity contribution in [2.24, 2.45) is 0 Å². The van der Waals surface area contributed by atoms with E-state index in [9.17, 15) is 18.0 Å². The largest absolute Gasteiger partial charge is 0.350 e. The van der Waals surface area contributed by atoms with Crippen molar-refractivity contribution in [2.75, 3.05) is 10.8 Å². The molecular formula is C31H37Cl2N3O4S. The number of nitrogens with zero attached hydrogens (tertiary/aromatic N) is 2. The molecule has 2 amide bonds. The van der Waals surface area contributed by atoms with Crippen molar-refractivity contribution in [1.29, 1.82) is 0 Å². The fourth-order valence-corrected chi connectivity index (χ4v) is 6.24. The number of carbonyl (C=O) groups is 2. The quantitative estimate of drug-likeness (QED) is 0.280. The van der Waals surface area contributed by atoms with Crippen molar-refractivity contribution in [3.63, 3.8) is 0 Å². The molecule has 0 unspecified atom stereocenters. The number of carbonyl (C=O) groups excluding carboxylic acids is 2. The summed E-state index contributed by atoms with van der Waals surface area (Å²) in [7, 11) is -4.14. The number of hydrogen-bond donors (Lipinski definition) is 1. The zero-order chi connectivity index (χ0) is 30.5. The fraction of sp³-hybridized carbons (Fsp3) is 0.355. The molecule has 0 saturated carbocycles. The van der Waals surface area contributed by atoms with E-state index in [0.29, 0.717) is 33.3 Å². The van der Waals surface area contributed by atoms with Crippen molar-refractivity contribution in [1.82, 2.24) is 10.2 Å².